The van der Waals surface area contributed by atoms with Crippen LogP contribution >= 0.6 is 0 Å². The highest BCUT2D eigenvalue weighted by atomic mass is 16.5. The maximum Gasteiger partial charge on any atom is 0.318 e. The van der Waals surface area contributed by atoms with E-state index in [2.05, 4.69) is 15.5 Å². The Morgan fingerprint density at radius 1 is 1.31 bits per heavy atom. The zero-order chi connectivity index (χ0) is 19.1. The summed E-state index contributed by atoms with van der Waals surface area (Å²) in [5, 5.41) is 10.2. The summed E-state index contributed by atoms with van der Waals surface area (Å²) in [5.74, 6) is 0.761. The molecule has 26 heavy (non-hydrogen) atoms. The zero-order valence-corrected chi connectivity index (χ0v) is 16.1. The minimum absolute atomic E-state index is 0.149. The van der Waals surface area contributed by atoms with E-state index < -0.39 is 0 Å². The van der Waals surface area contributed by atoms with Gasteiger partial charge in [-0.25, -0.2) is 4.79 Å². The molecule has 1 heterocycles. The summed E-state index contributed by atoms with van der Waals surface area (Å²) in [6.07, 6.45) is 0. The van der Waals surface area contributed by atoms with E-state index in [1.54, 1.807) is 19.1 Å². The minimum Gasteiger partial charge on any atom is -0.496 e. The van der Waals surface area contributed by atoms with Crippen molar-refractivity contribution < 1.29 is 14.3 Å². The fourth-order valence-electron chi connectivity index (χ4n) is 3.04. The molecule has 0 unspecified atom stereocenters. The van der Waals surface area contributed by atoms with Gasteiger partial charge in [-0.05, 0) is 26.8 Å². The lowest BCUT2D eigenvalue weighted by molar-refractivity contribution is 0.144. The van der Waals surface area contributed by atoms with Gasteiger partial charge in [0.15, 0.2) is 0 Å². The van der Waals surface area contributed by atoms with Crippen molar-refractivity contribution >= 4 is 6.03 Å². The van der Waals surface area contributed by atoms with E-state index in [0.717, 1.165) is 28.3 Å². The number of nitrogens with zero attached hydrogens (tertiary/aromatic N) is 2. The number of urea groups is 1. The van der Waals surface area contributed by atoms with Crippen LogP contribution in [0.3, 0.4) is 0 Å². The number of benzene rings is 1. The topological polar surface area (TPSA) is 79.5 Å². The first-order chi connectivity index (χ1) is 12.5. The molecule has 1 aromatic carbocycles. The van der Waals surface area contributed by atoms with E-state index in [1.807, 2.05) is 45.0 Å². The second kappa shape index (κ2) is 9.24. The summed E-state index contributed by atoms with van der Waals surface area (Å²) >= 11 is 0. The van der Waals surface area contributed by atoms with Crippen LogP contribution in [0.2, 0.25) is 0 Å². The normalized spacial score (nSPS) is 11.9. The molecule has 0 aliphatic rings. The standard InChI is InChI=1S/C19H28N4O3/c1-13(18-14(2)21-22-15(18)3)20-19(24)23(10-11-25-4)12-16-8-6-7-9-17(16)26-5/h6-9,13H,10-12H2,1-5H3,(H,20,24)(H,21,22)/t13-/m0/s1. The second-order valence-electron chi connectivity index (χ2n) is 6.25. The van der Waals surface area contributed by atoms with Gasteiger partial charge in [0.1, 0.15) is 5.75 Å². The quantitative estimate of drug-likeness (QED) is 0.758. The summed E-state index contributed by atoms with van der Waals surface area (Å²) in [5.41, 5.74) is 3.82. The molecular weight excluding hydrogens is 332 g/mol. The van der Waals surface area contributed by atoms with Gasteiger partial charge in [0, 0.05) is 30.5 Å². The molecule has 0 saturated carbocycles. The van der Waals surface area contributed by atoms with Crippen LogP contribution in [0.1, 0.15) is 35.5 Å². The molecule has 2 aromatic rings. The minimum atomic E-state index is -0.152. The summed E-state index contributed by atoms with van der Waals surface area (Å²) in [4.78, 5) is 14.6. The Morgan fingerprint density at radius 2 is 2.04 bits per heavy atom. The molecule has 0 aliphatic heterocycles. The third kappa shape index (κ3) is 4.76. The first-order valence-electron chi connectivity index (χ1n) is 8.65. The Balaban J connectivity index is 2.13. The highest BCUT2D eigenvalue weighted by Crippen LogP contribution is 2.21. The number of rotatable bonds is 8. The molecule has 1 atom stereocenters. The number of aromatic amines is 1. The van der Waals surface area contributed by atoms with Gasteiger partial charge >= 0.3 is 6.03 Å². The average molecular weight is 360 g/mol. The van der Waals surface area contributed by atoms with Crippen LogP contribution in [0.4, 0.5) is 4.79 Å². The van der Waals surface area contributed by atoms with Crippen LogP contribution in [0.15, 0.2) is 24.3 Å². The number of hydrogen-bond acceptors (Lipinski definition) is 4. The van der Waals surface area contributed by atoms with Crippen LogP contribution in [-0.4, -0.2) is 48.5 Å². The van der Waals surface area contributed by atoms with Gasteiger partial charge in [0.25, 0.3) is 0 Å². The Morgan fingerprint density at radius 3 is 2.65 bits per heavy atom. The molecule has 2 amide bonds. The van der Waals surface area contributed by atoms with E-state index in [1.165, 1.54) is 0 Å². The number of para-hydroxylation sites is 1. The third-order valence-electron chi connectivity index (χ3n) is 4.36. The lowest BCUT2D eigenvalue weighted by Gasteiger charge is -2.26. The van der Waals surface area contributed by atoms with Crippen molar-refractivity contribution in [2.75, 3.05) is 27.4 Å². The number of nitrogens with one attached hydrogen (secondary N) is 2. The molecule has 142 valence electrons. The predicted octanol–water partition coefficient (Wildman–Crippen LogP) is 2.95. The van der Waals surface area contributed by atoms with Crippen molar-refractivity contribution in [3.63, 3.8) is 0 Å². The summed E-state index contributed by atoms with van der Waals surface area (Å²) in [6, 6.07) is 7.39. The molecular formula is C19H28N4O3. The maximum atomic E-state index is 12.9. The van der Waals surface area contributed by atoms with Crippen LogP contribution in [0.5, 0.6) is 5.75 Å². The molecule has 1 aromatic heterocycles. The Kier molecular flexibility index (Phi) is 7.03. The number of carbonyl (C=O) groups is 1. The SMILES string of the molecule is COCCN(Cc1ccccc1OC)C(=O)N[C@@H](C)c1c(C)n[nH]c1C. The van der Waals surface area contributed by atoms with Gasteiger partial charge < -0.3 is 19.7 Å². The maximum absolute atomic E-state index is 12.9. The lowest BCUT2D eigenvalue weighted by atomic mass is 10.1. The van der Waals surface area contributed by atoms with Gasteiger partial charge in [-0.3, -0.25) is 5.10 Å². The van der Waals surface area contributed by atoms with Crippen LogP contribution in [-0.2, 0) is 11.3 Å². The van der Waals surface area contributed by atoms with E-state index in [0.29, 0.717) is 19.7 Å². The number of H-pyrrole nitrogens is 1. The Bertz CT molecular complexity index is 710. The molecule has 0 saturated heterocycles. The number of ether oxygens (including phenoxy) is 2. The molecule has 2 rings (SSSR count). The molecule has 0 fully saturated rings. The molecule has 0 spiro atoms. The summed E-state index contributed by atoms with van der Waals surface area (Å²) < 4.78 is 10.6. The Hall–Kier alpha value is -2.54. The molecule has 2 N–H and O–H groups in total. The van der Waals surface area contributed by atoms with Gasteiger partial charge in [-0.1, -0.05) is 18.2 Å². The number of amides is 2. The fraction of sp³-hybridized carbons (Fsp3) is 0.474. The molecule has 0 radical (unpaired) electrons. The van der Waals surface area contributed by atoms with Crippen molar-refractivity contribution in [3.05, 3.63) is 46.8 Å². The largest absolute Gasteiger partial charge is 0.496 e. The predicted molar refractivity (Wildman–Crippen MR) is 100 cm³/mol. The van der Waals surface area contributed by atoms with Crippen molar-refractivity contribution in [3.8, 4) is 5.75 Å². The number of carbonyl (C=O) groups excluding carboxylic acids is 1. The smallest absolute Gasteiger partial charge is 0.318 e. The monoisotopic (exact) mass is 360 g/mol. The van der Waals surface area contributed by atoms with Crippen molar-refractivity contribution in [1.82, 2.24) is 20.4 Å². The van der Waals surface area contributed by atoms with E-state index in [-0.39, 0.29) is 12.1 Å². The number of aromatic nitrogens is 2. The second-order valence-corrected chi connectivity index (χ2v) is 6.25. The molecule has 0 aliphatic carbocycles. The van der Waals surface area contributed by atoms with Gasteiger partial charge in [-0.2, -0.15) is 5.10 Å². The Labute approximate surface area is 154 Å². The van der Waals surface area contributed by atoms with E-state index in [4.69, 9.17) is 9.47 Å². The number of hydrogen-bond donors (Lipinski definition) is 2. The first-order valence-corrected chi connectivity index (χ1v) is 8.65. The lowest BCUT2D eigenvalue weighted by Crippen LogP contribution is -2.42. The molecule has 7 heteroatoms. The van der Waals surface area contributed by atoms with Gasteiger partial charge in [0.2, 0.25) is 0 Å². The summed E-state index contributed by atoms with van der Waals surface area (Å²) in [7, 11) is 3.25. The highest BCUT2D eigenvalue weighted by molar-refractivity contribution is 5.75. The molecule has 7 nitrogen and oxygen atoms in total. The third-order valence-corrected chi connectivity index (χ3v) is 4.36. The van der Waals surface area contributed by atoms with Gasteiger partial charge in [-0.15, -0.1) is 0 Å². The first kappa shape index (κ1) is 19.8. The zero-order valence-electron chi connectivity index (χ0n) is 16.1. The van der Waals surface area contributed by atoms with Crippen LogP contribution in [0, 0.1) is 13.8 Å². The number of methoxy groups -OCH3 is 2. The van der Waals surface area contributed by atoms with Crippen molar-refractivity contribution in [1.29, 1.82) is 0 Å². The van der Waals surface area contributed by atoms with Crippen LogP contribution < -0.4 is 10.1 Å². The van der Waals surface area contributed by atoms with E-state index >= 15 is 0 Å². The summed E-state index contributed by atoms with van der Waals surface area (Å²) in [6.45, 7) is 7.22. The van der Waals surface area contributed by atoms with Crippen molar-refractivity contribution in [2.45, 2.75) is 33.4 Å². The number of aryl methyl sites for hydroxylation is 2. The van der Waals surface area contributed by atoms with Crippen molar-refractivity contribution in [2.24, 2.45) is 0 Å². The fourth-order valence-corrected chi connectivity index (χ4v) is 3.04. The van der Waals surface area contributed by atoms with Gasteiger partial charge in [0.05, 0.1) is 32.0 Å². The molecule has 0 bridgehead atoms. The average Bonchev–Trinajstić information content (AvgIpc) is 2.97. The highest BCUT2D eigenvalue weighted by Gasteiger charge is 2.21. The van der Waals surface area contributed by atoms with E-state index in [9.17, 15) is 4.79 Å². The van der Waals surface area contributed by atoms with Crippen LogP contribution in [0.25, 0.3) is 0 Å².